The Labute approximate surface area is 121 Å². The number of hydrogen-bond acceptors (Lipinski definition) is 2. The van der Waals surface area contributed by atoms with E-state index in [4.69, 9.17) is 11.6 Å². The minimum absolute atomic E-state index is 0.384. The Hall–Kier alpha value is -0.830. The molecule has 3 heteroatoms. The number of likely N-dealkylation sites (N-methyl/N-ethyl adjacent to an activating group) is 1. The topological polar surface area (TPSA) is 24.1 Å². The third kappa shape index (κ3) is 4.07. The normalized spacial score (nSPS) is 16.3. The highest BCUT2D eigenvalue weighted by atomic mass is 35.5. The van der Waals surface area contributed by atoms with Gasteiger partial charge in [-0.15, -0.1) is 0 Å². The lowest BCUT2D eigenvalue weighted by atomic mass is 9.99. The molecule has 0 aliphatic heterocycles. The van der Waals surface area contributed by atoms with Crippen LogP contribution >= 0.6 is 11.6 Å². The fourth-order valence-corrected chi connectivity index (χ4v) is 2.66. The molecule has 2 rings (SSSR count). The first-order chi connectivity index (χ1) is 9.19. The second-order valence-electron chi connectivity index (χ2n) is 5.36. The molecule has 0 saturated heterocycles. The van der Waals surface area contributed by atoms with Crippen LogP contribution in [0.15, 0.2) is 24.8 Å². The van der Waals surface area contributed by atoms with Gasteiger partial charge in [0.15, 0.2) is 0 Å². The molecule has 1 aliphatic rings. The van der Waals surface area contributed by atoms with Crippen molar-refractivity contribution in [3.63, 3.8) is 0 Å². The second kappa shape index (κ2) is 6.56. The van der Waals surface area contributed by atoms with Crippen molar-refractivity contribution in [1.29, 1.82) is 0 Å². The van der Waals surface area contributed by atoms with Gasteiger partial charge in [-0.3, -0.25) is 0 Å². The van der Waals surface area contributed by atoms with Crippen molar-refractivity contribution in [1.82, 2.24) is 10.6 Å². The highest BCUT2D eigenvalue weighted by Crippen LogP contribution is 2.39. The maximum atomic E-state index is 6.02. The zero-order chi connectivity index (χ0) is 13.7. The van der Waals surface area contributed by atoms with Crippen LogP contribution in [0.4, 0.5) is 0 Å². The molecule has 0 atom stereocenters. The molecule has 1 aromatic rings. The molecule has 1 aromatic carbocycles. The van der Waals surface area contributed by atoms with Crippen LogP contribution in [0.5, 0.6) is 0 Å². The SMILES string of the molecule is C=Cc1cc(Cl)ccc1CCC1(NCCNC)CC1. The van der Waals surface area contributed by atoms with E-state index in [1.165, 1.54) is 30.4 Å². The number of benzene rings is 1. The summed E-state index contributed by atoms with van der Waals surface area (Å²) in [6, 6.07) is 6.10. The van der Waals surface area contributed by atoms with E-state index in [-0.39, 0.29) is 0 Å². The van der Waals surface area contributed by atoms with E-state index in [0.29, 0.717) is 5.54 Å². The summed E-state index contributed by atoms with van der Waals surface area (Å²) in [5, 5.41) is 7.64. The predicted molar refractivity (Wildman–Crippen MR) is 83.8 cm³/mol. The minimum atomic E-state index is 0.384. The lowest BCUT2D eigenvalue weighted by Gasteiger charge is -2.18. The molecular formula is C16H23ClN2. The lowest BCUT2D eigenvalue weighted by molar-refractivity contribution is 0.463. The van der Waals surface area contributed by atoms with E-state index in [2.05, 4.69) is 23.3 Å². The Morgan fingerprint density at radius 2 is 2.16 bits per heavy atom. The number of halogens is 1. The summed E-state index contributed by atoms with van der Waals surface area (Å²) in [7, 11) is 1.99. The summed E-state index contributed by atoms with van der Waals surface area (Å²) in [6.45, 7) is 5.95. The Morgan fingerprint density at radius 1 is 1.37 bits per heavy atom. The van der Waals surface area contributed by atoms with E-state index in [0.717, 1.165) is 24.5 Å². The molecule has 1 fully saturated rings. The third-order valence-electron chi connectivity index (χ3n) is 3.93. The van der Waals surface area contributed by atoms with Crippen LogP contribution in [-0.4, -0.2) is 25.7 Å². The summed E-state index contributed by atoms with van der Waals surface area (Å²) < 4.78 is 0. The van der Waals surface area contributed by atoms with Crippen molar-refractivity contribution in [3.8, 4) is 0 Å². The average molecular weight is 279 g/mol. The summed E-state index contributed by atoms with van der Waals surface area (Å²) in [4.78, 5) is 0. The number of aryl methyl sites for hydroxylation is 1. The highest BCUT2D eigenvalue weighted by Gasteiger charge is 2.41. The van der Waals surface area contributed by atoms with Crippen LogP contribution in [-0.2, 0) is 6.42 Å². The van der Waals surface area contributed by atoms with E-state index in [1.54, 1.807) is 0 Å². The van der Waals surface area contributed by atoms with Crippen LogP contribution in [0.2, 0.25) is 5.02 Å². The molecule has 1 aliphatic carbocycles. The van der Waals surface area contributed by atoms with Crippen molar-refractivity contribution in [2.24, 2.45) is 0 Å². The fraction of sp³-hybridized carbons (Fsp3) is 0.500. The molecule has 0 spiro atoms. The van der Waals surface area contributed by atoms with Crippen LogP contribution in [0.25, 0.3) is 6.08 Å². The van der Waals surface area contributed by atoms with Gasteiger partial charge < -0.3 is 10.6 Å². The first-order valence-electron chi connectivity index (χ1n) is 7.00. The van der Waals surface area contributed by atoms with Gasteiger partial charge in [0.25, 0.3) is 0 Å². The van der Waals surface area contributed by atoms with E-state index < -0.39 is 0 Å². The minimum Gasteiger partial charge on any atom is -0.318 e. The van der Waals surface area contributed by atoms with Crippen molar-refractivity contribution in [2.75, 3.05) is 20.1 Å². The zero-order valence-electron chi connectivity index (χ0n) is 11.6. The van der Waals surface area contributed by atoms with E-state index in [9.17, 15) is 0 Å². The van der Waals surface area contributed by atoms with Gasteiger partial charge in [-0.2, -0.15) is 0 Å². The van der Waals surface area contributed by atoms with Crippen LogP contribution in [0, 0.1) is 0 Å². The lowest BCUT2D eigenvalue weighted by Crippen LogP contribution is -2.36. The number of nitrogens with one attached hydrogen (secondary N) is 2. The summed E-state index contributed by atoms with van der Waals surface area (Å²) in [5.74, 6) is 0. The van der Waals surface area contributed by atoms with Crippen molar-refractivity contribution < 1.29 is 0 Å². The Balaban J connectivity index is 1.90. The van der Waals surface area contributed by atoms with Crippen LogP contribution < -0.4 is 10.6 Å². The third-order valence-corrected chi connectivity index (χ3v) is 4.16. The molecular weight excluding hydrogens is 256 g/mol. The van der Waals surface area contributed by atoms with Gasteiger partial charge in [-0.05, 0) is 56.0 Å². The molecule has 0 aromatic heterocycles. The van der Waals surface area contributed by atoms with Crippen molar-refractivity contribution in [3.05, 3.63) is 40.9 Å². The fourth-order valence-electron chi connectivity index (χ4n) is 2.48. The molecule has 2 N–H and O–H groups in total. The summed E-state index contributed by atoms with van der Waals surface area (Å²) in [6.07, 6.45) is 6.78. The molecule has 19 heavy (non-hydrogen) atoms. The smallest absolute Gasteiger partial charge is 0.0412 e. The van der Waals surface area contributed by atoms with E-state index >= 15 is 0 Å². The van der Waals surface area contributed by atoms with Gasteiger partial charge in [0.1, 0.15) is 0 Å². The molecule has 0 radical (unpaired) electrons. The van der Waals surface area contributed by atoms with E-state index in [1.807, 2.05) is 25.3 Å². The van der Waals surface area contributed by atoms with Crippen molar-refractivity contribution >= 4 is 17.7 Å². The molecule has 104 valence electrons. The monoisotopic (exact) mass is 278 g/mol. The molecule has 0 bridgehead atoms. The maximum absolute atomic E-state index is 6.02. The number of hydrogen-bond donors (Lipinski definition) is 2. The van der Waals surface area contributed by atoms with Gasteiger partial charge >= 0.3 is 0 Å². The maximum Gasteiger partial charge on any atom is 0.0412 e. The zero-order valence-corrected chi connectivity index (χ0v) is 12.4. The molecule has 1 saturated carbocycles. The van der Waals surface area contributed by atoms with Crippen LogP contribution in [0.1, 0.15) is 30.4 Å². The van der Waals surface area contributed by atoms with Crippen molar-refractivity contribution in [2.45, 2.75) is 31.2 Å². The average Bonchev–Trinajstić information content (AvgIpc) is 3.18. The molecule has 0 heterocycles. The first-order valence-corrected chi connectivity index (χ1v) is 7.37. The Morgan fingerprint density at radius 3 is 2.79 bits per heavy atom. The van der Waals surface area contributed by atoms with Gasteiger partial charge in [-0.25, -0.2) is 0 Å². The second-order valence-corrected chi connectivity index (χ2v) is 5.79. The molecule has 0 unspecified atom stereocenters. The summed E-state index contributed by atoms with van der Waals surface area (Å²) >= 11 is 6.02. The predicted octanol–water partition coefficient (Wildman–Crippen LogP) is 3.26. The molecule has 0 amide bonds. The van der Waals surface area contributed by atoms with Crippen LogP contribution in [0.3, 0.4) is 0 Å². The van der Waals surface area contributed by atoms with Gasteiger partial charge in [0.2, 0.25) is 0 Å². The number of rotatable bonds is 8. The first kappa shape index (κ1) is 14.6. The van der Waals surface area contributed by atoms with Gasteiger partial charge in [-0.1, -0.05) is 30.3 Å². The van der Waals surface area contributed by atoms with Gasteiger partial charge in [0, 0.05) is 23.7 Å². The highest BCUT2D eigenvalue weighted by molar-refractivity contribution is 6.30. The van der Waals surface area contributed by atoms with Gasteiger partial charge in [0.05, 0.1) is 0 Å². The summed E-state index contributed by atoms with van der Waals surface area (Å²) in [5.41, 5.74) is 2.90. The quantitative estimate of drug-likeness (QED) is 0.713. The Bertz CT molecular complexity index is 438. The largest absolute Gasteiger partial charge is 0.318 e. The Kier molecular flexibility index (Phi) is 5.03. The standard InChI is InChI=1S/C16H23ClN2/c1-3-13-12-15(17)5-4-14(13)6-7-16(8-9-16)19-11-10-18-2/h3-5,12,18-19H,1,6-11H2,2H3. The molecule has 2 nitrogen and oxygen atoms in total.